The summed E-state index contributed by atoms with van der Waals surface area (Å²) in [4.78, 5) is 19.9. The quantitative estimate of drug-likeness (QED) is 0.796. The smallest absolute Gasteiger partial charge is 0.239 e. The van der Waals surface area contributed by atoms with Crippen LogP contribution in [0.3, 0.4) is 0 Å². The van der Waals surface area contributed by atoms with Crippen LogP contribution in [0.4, 0.5) is 0 Å². The first kappa shape index (κ1) is 17.2. The fraction of sp³-hybridized carbons (Fsp3) is 0.947. The van der Waals surface area contributed by atoms with Crippen LogP contribution in [0, 0.1) is 5.92 Å². The molecule has 0 saturated carbocycles. The Morgan fingerprint density at radius 1 is 0.913 bits per heavy atom. The lowest BCUT2D eigenvalue weighted by Crippen LogP contribution is -2.51. The first-order valence-electron chi connectivity index (χ1n) is 9.99. The zero-order valence-electron chi connectivity index (χ0n) is 15.0. The van der Waals surface area contributed by atoms with Crippen molar-refractivity contribution in [3.63, 3.8) is 0 Å². The second-order valence-corrected chi connectivity index (χ2v) is 7.93. The van der Waals surface area contributed by atoms with Crippen molar-refractivity contribution in [1.82, 2.24) is 14.7 Å². The van der Waals surface area contributed by atoms with Crippen molar-refractivity contribution in [3.8, 4) is 0 Å². The molecule has 3 heterocycles. The number of likely N-dealkylation sites (tertiary alicyclic amines) is 3. The lowest BCUT2D eigenvalue weighted by atomic mass is 9.96. The number of carbonyl (C=O) groups is 1. The Morgan fingerprint density at radius 2 is 1.57 bits per heavy atom. The molecule has 2 atom stereocenters. The van der Waals surface area contributed by atoms with Crippen LogP contribution in [-0.4, -0.2) is 72.5 Å². The number of hydrogen-bond acceptors (Lipinski definition) is 3. The Kier molecular flexibility index (Phi) is 6.35. The van der Waals surface area contributed by atoms with Crippen molar-refractivity contribution in [2.24, 2.45) is 5.92 Å². The molecule has 0 bridgehead atoms. The van der Waals surface area contributed by atoms with Gasteiger partial charge < -0.3 is 9.80 Å². The molecule has 2 unspecified atom stereocenters. The third kappa shape index (κ3) is 4.69. The summed E-state index contributed by atoms with van der Waals surface area (Å²) in [5.74, 6) is 1.13. The van der Waals surface area contributed by atoms with E-state index in [2.05, 4.69) is 21.6 Å². The predicted octanol–water partition coefficient (Wildman–Crippen LogP) is 2.59. The fourth-order valence-corrected chi connectivity index (χ4v) is 4.64. The lowest BCUT2D eigenvalue weighted by molar-refractivity contribution is -0.136. The summed E-state index contributed by atoms with van der Waals surface area (Å²) in [6, 6.07) is 0.0834. The number of carbonyl (C=O) groups excluding carboxylic acids is 1. The summed E-state index contributed by atoms with van der Waals surface area (Å²) in [6.07, 6.45) is 10.6. The summed E-state index contributed by atoms with van der Waals surface area (Å²) >= 11 is 0. The van der Waals surface area contributed by atoms with Gasteiger partial charge in [0.1, 0.15) is 0 Å². The summed E-state index contributed by atoms with van der Waals surface area (Å²) in [5.41, 5.74) is 0. The van der Waals surface area contributed by atoms with E-state index < -0.39 is 0 Å². The van der Waals surface area contributed by atoms with Crippen LogP contribution in [0.15, 0.2) is 0 Å². The highest BCUT2D eigenvalue weighted by atomic mass is 16.2. The van der Waals surface area contributed by atoms with Crippen LogP contribution in [0.2, 0.25) is 0 Å². The minimum absolute atomic E-state index is 0.0834. The number of nitrogens with zero attached hydrogens (tertiary/aromatic N) is 3. The average molecular weight is 322 g/mol. The van der Waals surface area contributed by atoms with E-state index in [1.165, 1.54) is 71.0 Å². The van der Waals surface area contributed by atoms with E-state index in [-0.39, 0.29) is 6.04 Å². The van der Waals surface area contributed by atoms with Gasteiger partial charge in [-0.05, 0) is 71.0 Å². The van der Waals surface area contributed by atoms with Crippen LogP contribution in [0.5, 0.6) is 0 Å². The van der Waals surface area contributed by atoms with Gasteiger partial charge in [-0.25, -0.2) is 0 Å². The summed E-state index contributed by atoms with van der Waals surface area (Å²) in [6.45, 7) is 10.2. The Bertz CT molecular complexity index is 373. The zero-order chi connectivity index (χ0) is 16.1. The van der Waals surface area contributed by atoms with E-state index in [1.54, 1.807) is 0 Å². The molecule has 4 heteroatoms. The molecule has 23 heavy (non-hydrogen) atoms. The molecule has 0 aliphatic carbocycles. The SMILES string of the molecule is CC(C(=O)N1CCCC1)N1CCCC(CN2CCCCCC2)C1. The van der Waals surface area contributed by atoms with Gasteiger partial charge in [0.2, 0.25) is 5.91 Å². The third-order valence-electron chi connectivity index (χ3n) is 6.09. The zero-order valence-corrected chi connectivity index (χ0v) is 15.0. The molecule has 0 aromatic heterocycles. The van der Waals surface area contributed by atoms with E-state index in [4.69, 9.17) is 0 Å². The normalized spacial score (nSPS) is 29.4. The molecule has 3 saturated heterocycles. The molecule has 0 aromatic rings. The first-order chi connectivity index (χ1) is 11.2. The molecule has 0 N–H and O–H groups in total. The van der Waals surface area contributed by atoms with Crippen molar-refractivity contribution >= 4 is 5.91 Å². The third-order valence-corrected chi connectivity index (χ3v) is 6.09. The number of rotatable bonds is 4. The van der Waals surface area contributed by atoms with Gasteiger partial charge >= 0.3 is 0 Å². The molecule has 0 spiro atoms. The lowest BCUT2D eigenvalue weighted by Gasteiger charge is -2.39. The Hall–Kier alpha value is -0.610. The minimum Gasteiger partial charge on any atom is -0.341 e. The Morgan fingerprint density at radius 3 is 2.26 bits per heavy atom. The highest BCUT2D eigenvalue weighted by Crippen LogP contribution is 2.22. The Labute approximate surface area is 142 Å². The molecule has 0 aromatic carbocycles. The van der Waals surface area contributed by atoms with Crippen molar-refractivity contribution in [2.75, 3.05) is 45.8 Å². The van der Waals surface area contributed by atoms with Crippen LogP contribution in [0.1, 0.15) is 58.3 Å². The maximum atomic E-state index is 12.7. The van der Waals surface area contributed by atoms with E-state index >= 15 is 0 Å². The van der Waals surface area contributed by atoms with Crippen molar-refractivity contribution in [1.29, 1.82) is 0 Å². The van der Waals surface area contributed by atoms with Gasteiger partial charge in [-0.15, -0.1) is 0 Å². The second-order valence-electron chi connectivity index (χ2n) is 7.93. The van der Waals surface area contributed by atoms with Crippen LogP contribution in [-0.2, 0) is 4.79 Å². The topological polar surface area (TPSA) is 26.8 Å². The highest BCUT2D eigenvalue weighted by Gasteiger charge is 2.31. The molecule has 3 fully saturated rings. The largest absolute Gasteiger partial charge is 0.341 e. The highest BCUT2D eigenvalue weighted by molar-refractivity contribution is 5.81. The Balaban J connectivity index is 1.49. The van der Waals surface area contributed by atoms with Gasteiger partial charge in [-0.1, -0.05) is 12.8 Å². The first-order valence-corrected chi connectivity index (χ1v) is 9.99. The van der Waals surface area contributed by atoms with Crippen LogP contribution >= 0.6 is 0 Å². The molecule has 1 amide bonds. The van der Waals surface area contributed by atoms with Gasteiger partial charge in [0.25, 0.3) is 0 Å². The van der Waals surface area contributed by atoms with Gasteiger partial charge in [-0.3, -0.25) is 9.69 Å². The summed E-state index contributed by atoms with van der Waals surface area (Å²) in [5, 5.41) is 0. The maximum Gasteiger partial charge on any atom is 0.239 e. The monoisotopic (exact) mass is 321 g/mol. The predicted molar refractivity (Wildman–Crippen MR) is 94.5 cm³/mol. The van der Waals surface area contributed by atoms with E-state index in [9.17, 15) is 4.79 Å². The van der Waals surface area contributed by atoms with Gasteiger partial charge in [0.05, 0.1) is 6.04 Å². The minimum atomic E-state index is 0.0834. The average Bonchev–Trinajstić information content (AvgIpc) is 2.99. The number of piperidine rings is 1. The molecule has 3 rings (SSSR count). The van der Waals surface area contributed by atoms with E-state index in [0.29, 0.717) is 5.91 Å². The molecular formula is C19H35N3O. The molecular weight excluding hydrogens is 286 g/mol. The van der Waals surface area contributed by atoms with E-state index in [1.807, 2.05) is 0 Å². The molecule has 4 nitrogen and oxygen atoms in total. The second kappa shape index (κ2) is 8.48. The molecule has 3 aliphatic heterocycles. The van der Waals surface area contributed by atoms with Crippen LogP contribution in [0.25, 0.3) is 0 Å². The fourth-order valence-electron chi connectivity index (χ4n) is 4.64. The van der Waals surface area contributed by atoms with Gasteiger partial charge in [-0.2, -0.15) is 0 Å². The molecule has 3 aliphatic rings. The van der Waals surface area contributed by atoms with Gasteiger partial charge in [0, 0.05) is 26.2 Å². The van der Waals surface area contributed by atoms with Crippen molar-refractivity contribution in [3.05, 3.63) is 0 Å². The van der Waals surface area contributed by atoms with E-state index in [0.717, 1.165) is 32.1 Å². The molecule has 0 radical (unpaired) electrons. The van der Waals surface area contributed by atoms with Gasteiger partial charge in [0.15, 0.2) is 0 Å². The van der Waals surface area contributed by atoms with Crippen LogP contribution < -0.4 is 0 Å². The van der Waals surface area contributed by atoms with Crippen molar-refractivity contribution < 1.29 is 4.79 Å². The number of hydrogen-bond donors (Lipinski definition) is 0. The van der Waals surface area contributed by atoms with Crippen molar-refractivity contribution in [2.45, 2.75) is 64.3 Å². The molecule has 132 valence electrons. The summed E-state index contributed by atoms with van der Waals surface area (Å²) in [7, 11) is 0. The maximum absolute atomic E-state index is 12.7. The summed E-state index contributed by atoms with van der Waals surface area (Å²) < 4.78 is 0. The number of amides is 1. The standard InChI is InChI=1S/C19H35N3O/c1-17(19(23)21-12-6-7-13-21)22-14-8-9-18(16-22)15-20-10-4-2-3-5-11-20/h17-18H,2-16H2,1H3.